The summed E-state index contributed by atoms with van der Waals surface area (Å²) in [5, 5.41) is 8.58. The Kier molecular flexibility index (Phi) is 3.83. The second kappa shape index (κ2) is 5.14. The minimum atomic E-state index is 0.206. The summed E-state index contributed by atoms with van der Waals surface area (Å²) in [7, 11) is 0. The van der Waals surface area contributed by atoms with Crippen LogP contribution in [0.25, 0.3) is 0 Å². The number of nitrogens with two attached hydrogens (primary N) is 1. The molecular weight excluding hydrogens is 180 g/mol. The fourth-order valence-electron chi connectivity index (χ4n) is 0.897. The van der Waals surface area contributed by atoms with Crippen LogP contribution in [-0.4, -0.2) is 16.6 Å². The summed E-state index contributed by atoms with van der Waals surface area (Å²) in [5.74, 6) is 0.715. The van der Waals surface area contributed by atoms with E-state index < -0.39 is 0 Å². The van der Waals surface area contributed by atoms with Crippen molar-refractivity contribution in [2.45, 2.75) is 20.0 Å². The van der Waals surface area contributed by atoms with Gasteiger partial charge in [-0.2, -0.15) is 5.26 Å². The lowest BCUT2D eigenvalue weighted by Gasteiger charge is -2.02. The quantitative estimate of drug-likeness (QED) is 0.715. The highest BCUT2D eigenvalue weighted by molar-refractivity contribution is 5.46. The Morgan fingerprint density at radius 2 is 2.43 bits per heavy atom. The monoisotopic (exact) mass is 192 g/mol. The molecule has 0 unspecified atom stereocenters. The standard InChI is InChI=1S/C9H12N4O/c1-2-3-14-6-8-12-5-7(4-10)9(11)13-8/h5H,2-3,6H2,1H3,(H2,11,12,13). The topological polar surface area (TPSA) is 84.8 Å². The molecule has 0 aromatic carbocycles. The van der Waals surface area contributed by atoms with Gasteiger partial charge in [-0.15, -0.1) is 0 Å². The molecule has 0 amide bonds. The van der Waals surface area contributed by atoms with Crippen molar-refractivity contribution < 1.29 is 4.74 Å². The maximum Gasteiger partial charge on any atom is 0.156 e. The van der Waals surface area contributed by atoms with Gasteiger partial charge in [-0.25, -0.2) is 9.97 Å². The van der Waals surface area contributed by atoms with Crippen LogP contribution in [0.15, 0.2) is 6.20 Å². The lowest BCUT2D eigenvalue weighted by atomic mass is 10.3. The zero-order valence-electron chi connectivity index (χ0n) is 8.03. The molecule has 0 bridgehead atoms. The van der Waals surface area contributed by atoms with E-state index in [1.54, 1.807) is 0 Å². The molecule has 0 radical (unpaired) electrons. The highest BCUT2D eigenvalue weighted by atomic mass is 16.5. The van der Waals surface area contributed by atoms with E-state index in [9.17, 15) is 0 Å². The molecule has 5 heteroatoms. The van der Waals surface area contributed by atoms with E-state index in [1.165, 1.54) is 6.20 Å². The number of hydrogen-bond acceptors (Lipinski definition) is 5. The van der Waals surface area contributed by atoms with E-state index >= 15 is 0 Å². The maximum atomic E-state index is 8.58. The third-order valence-corrected chi connectivity index (χ3v) is 1.57. The second-order valence-electron chi connectivity index (χ2n) is 2.75. The Balaban J connectivity index is 2.63. The van der Waals surface area contributed by atoms with Crippen molar-refractivity contribution in [3.8, 4) is 6.07 Å². The minimum absolute atomic E-state index is 0.206. The molecule has 5 nitrogen and oxygen atoms in total. The van der Waals surface area contributed by atoms with Crippen molar-refractivity contribution in [3.05, 3.63) is 17.6 Å². The number of rotatable bonds is 4. The van der Waals surface area contributed by atoms with Gasteiger partial charge in [-0.3, -0.25) is 0 Å². The lowest BCUT2D eigenvalue weighted by molar-refractivity contribution is 0.116. The van der Waals surface area contributed by atoms with E-state index in [1.807, 2.05) is 13.0 Å². The van der Waals surface area contributed by atoms with Gasteiger partial charge >= 0.3 is 0 Å². The molecular formula is C9H12N4O. The predicted octanol–water partition coefficient (Wildman–Crippen LogP) is 0.857. The Labute approximate surface area is 82.5 Å². The summed E-state index contributed by atoms with van der Waals surface area (Å²) in [6.45, 7) is 3.03. The molecule has 0 saturated heterocycles. The summed E-state index contributed by atoms with van der Waals surface area (Å²) >= 11 is 0. The molecule has 0 spiro atoms. The van der Waals surface area contributed by atoms with Crippen LogP contribution >= 0.6 is 0 Å². The molecule has 0 aliphatic carbocycles. The van der Waals surface area contributed by atoms with E-state index in [-0.39, 0.29) is 5.82 Å². The van der Waals surface area contributed by atoms with Gasteiger partial charge in [-0.1, -0.05) is 6.92 Å². The van der Waals surface area contributed by atoms with Crippen LogP contribution in [0.4, 0.5) is 5.82 Å². The first kappa shape index (κ1) is 10.4. The first-order chi connectivity index (χ1) is 6.77. The molecule has 0 aliphatic rings. The van der Waals surface area contributed by atoms with Crippen LogP contribution in [0.3, 0.4) is 0 Å². The van der Waals surface area contributed by atoms with E-state index in [0.717, 1.165) is 6.42 Å². The van der Waals surface area contributed by atoms with Crippen molar-refractivity contribution in [1.82, 2.24) is 9.97 Å². The van der Waals surface area contributed by atoms with E-state index in [0.29, 0.717) is 24.6 Å². The first-order valence-electron chi connectivity index (χ1n) is 4.37. The molecule has 2 N–H and O–H groups in total. The van der Waals surface area contributed by atoms with E-state index in [2.05, 4.69) is 9.97 Å². The molecule has 0 saturated carbocycles. The van der Waals surface area contributed by atoms with Crippen LogP contribution in [0.5, 0.6) is 0 Å². The van der Waals surface area contributed by atoms with Gasteiger partial charge in [0.05, 0.1) is 6.20 Å². The molecule has 0 fully saturated rings. The summed E-state index contributed by atoms with van der Waals surface area (Å²) in [4.78, 5) is 7.88. The number of nitriles is 1. The SMILES string of the molecule is CCCOCc1ncc(C#N)c(N)n1. The number of nitrogens with zero attached hydrogens (tertiary/aromatic N) is 3. The van der Waals surface area contributed by atoms with Crippen molar-refractivity contribution >= 4 is 5.82 Å². The third-order valence-electron chi connectivity index (χ3n) is 1.57. The molecule has 74 valence electrons. The molecule has 1 rings (SSSR count). The second-order valence-corrected chi connectivity index (χ2v) is 2.75. The number of hydrogen-bond donors (Lipinski definition) is 1. The first-order valence-corrected chi connectivity index (χ1v) is 4.37. The zero-order chi connectivity index (χ0) is 10.4. The summed E-state index contributed by atoms with van der Waals surface area (Å²) in [6, 6.07) is 1.90. The zero-order valence-corrected chi connectivity index (χ0v) is 8.03. The van der Waals surface area contributed by atoms with Gasteiger partial charge < -0.3 is 10.5 Å². The van der Waals surface area contributed by atoms with Crippen molar-refractivity contribution in [2.75, 3.05) is 12.3 Å². The van der Waals surface area contributed by atoms with Gasteiger partial charge in [0.15, 0.2) is 5.82 Å². The number of nitrogen functional groups attached to an aromatic ring is 1. The predicted molar refractivity (Wildman–Crippen MR) is 51.1 cm³/mol. The van der Waals surface area contributed by atoms with Crippen molar-refractivity contribution in [3.63, 3.8) is 0 Å². The van der Waals surface area contributed by atoms with Crippen LogP contribution in [0.1, 0.15) is 24.7 Å². The molecule has 1 aromatic heterocycles. The largest absolute Gasteiger partial charge is 0.382 e. The lowest BCUT2D eigenvalue weighted by Crippen LogP contribution is -2.04. The highest BCUT2D eigenvalue weighted by Gasteiger charge is 2.02. The molecule has 1 aromatic rings. The maximum absolute atomic E-state index is 8.58. The molecule has 0 atom stereocenters. The number of anilines is 1. The van der Waals surface area contributed by atoms with Gasteiger partial charge in [0.1, 0.15) is 24.1 Å². The number of ether oxygens (including phenoxy) is 1. The molecule has 1 heterocycles. The van der Waals surface area contributed by atoms with Gasteiger partial charge in [0, 0.05) is 6.61 Å². The smallest absolute Gasteiger partial charge is 0.156 e. The van der Waals surface area contributed by atoms with E-state index in [4.69, 9.17) is 15.7 Å². The Hall–Kier alpha value is -1.67. The summed E-state index contributed by atoms with van der Waals surface area (Å²) in [5.41, 5.74) is 5.80. The minimum Gasteiger partial charge on any atom is -0.382 e. The van der Waals surface area contributed by atoms with Crippen molar-refractivity contribution in [1.29, 1.82) is 5.26 Å². The fraction of sp³-hybridized carbons (Fsp3) is 0.444. The molecule has 14 heavy (non-hydrogen) atoms. The number of aromatic nitrogens is 2. The van der Waals surface area contributed by atoms with Gasteiger partial charge in [0.25, 0.3) is 0 Å². The Bertz CT molecular complexity index is 345. The van der Waals surface area contributed by atoms with Crippen molar-refractivity contribution in [2.24, 2.45) is 0 Å². The average molecular weight is 192 g/mol. The normalized spacial score (nSPS) is 9.71. The fourth-order valence-corrected chi connectivity index (χ4v) is 0.897. The van der Waals surface area contributed by atoms with Crippen LogP contribution in [0, 0.1) is 11.3 Å². The Morgan fingerprint density at radius 1 is 1.64 bits per heavy atom. The van der Waals surface area contributed by atoms with Crippen LogP contribution < -0.4 is 5.73 Å². The summed E-state index contributed by atoms with van der Waals surface area (Å²) < 4.78 is 5.23. The average Bonchev–Trinajstić information content (AvgIpc) is 2.18. The van der Waals surface area contributed by atoms with Gasteiger partial charge in [0.2, 0.25) is 0 Å². The highest BCUT2D eigenvalue weighted by Crippen LogP contribution is 2.05. The van der Waals surface area contributed by atoms with Crippen LogP contribution in [-0.2, 0) is 11.3 Å². The molecule has 0 aliphatic heterocycles. The van der Waals surface area contributed by atoms with Crippen LogP contribution in [0.2, 0.25) is 0 Å². The van der Waals surface area contributed by atoms with Gasteiger partial charge in [-0.05, 0) is 6.42 Å². The third kappa shape index (κ3) is 2.68. The summed E-state index contributed by atoms with van der Waals surface area (Å²) in [6.07, 6.45) is 2.36. The Morgan fingerprint density at radius 3 is 3.00 bits per heavy atom.